The zero-order chi connectivity index (χ0) is 33.3. The van der Waals surface area contributed by atoms with Crippen molar-refractivity contribution in [3.63, 3.8) is 0 Å². The molecule has 17 heteroatoms. The molecule has 3 saturated heterocycles. The van der Waals surface area contributed by atoms with E-state index in [9.17, 15) is 13.9 Å². The van der Waals surface area contributed by atoms with E-state index in [1.807, 2.05) is 10.9 Å². The number of halogens is 2. The van der Waals surface area contributed by atoms with Gasteiger partial charge in [-0.15, -0.1) is 16.9 Å². The van der Waals surface area contributed by atoms with Crippen LogP contribution in [0.2, 0.25) is 0 Å². The second kappa shape index (κ2) is 14.0. The van der Waals surface area contributed by atoms with Gasteiger partial charge in [0.2, 0.25) is 0 Å². The lowest BCUT2D eigenvalue weighted by Crippen LogP contribution is -2.42. The van der Waals surface area contributed by atoms with Crippen LogP contribution < -0.4 is 10.1 Å². The first-order valence-corrected chi connectivity index (χ1v) is 17.2. The lowest BCUT2D eigenvalue weighted by molar-refractivity contribution is -0.0494. The van der Waals surface area contributed by atoms with E-state index in [4.69, 9.17) is 19.3 Å². The number of aromatic nitrogens is 8. The normalized spacial score (nSPS) is 19.9. The minimum Gasteiger partial charge on any atom is -0.434 e. The Labute approximate surface area is 284 Å². The smallest absolute Gasteiger partial charge is 0.387 e. The second-order valence-corrected chi connectivity index (χ2v) is 13.8. The van der Waals surface area contributed by atoms with E-state index < -0.39 is 12.8 Å². The number of aliphatic hydroxyl groups excluding tert-OH is 1. The maximum absolute atomic E-state index is 13.6. The van der Waals surface area contributed by atoms with E-state index >= 15 is 0 Å². The number of piperidine rings is 1. The fourth-order valence-electron chi connectivity index (χ4n) is 6.57. The fraction of sp³-hybridized carbons (Fsp3) is 0.469. The Balaban J connectivity index is 1.08. The highest BCUT2D eigenvalue weighted by atomic mass is 32.2. The zero-order valence-corrected chi connectivity index (χ0v) is 27.3. The summed E-state index contributed by atoms with van der Waals surface area (Å²) in [5.74, 6) is -0.0360. The molecule has 0 radical (unpaired) electrons. The molecule has 5 aromatic rings. The van der Waals surface area contributed by atoms with Gasteiger partial charge in [0, 0.05) is 54.8 Å². The standard InChI is InChI=1S/C32H36F2N10O4S/c33-32(34)48-28-3-2-23(49-24-18-47-19-24)12-25(28)29-27(37-31(45)26-13-36-43-8-1-7-35-30(26)43)16-42(39-29)14-20-15-44(40-38-20)21-4-9-41(10-5-21)22-6-11-46-17-22/h1-3,7-8,12-13,15-16,21-22,24,31-32,37,45H,4-6,9-11,14,17-19H2/t22-,31?/m1/s1. The van der Waals surface area contributed by atoms with Crippen LogP contribution >= 0.6 is 11.8 Å². The quantitative estimate of drug-likeness (QED) is 0.183. The molecule has 0 spiro atoms. The SMILES string of the molecule is OC(Nc1cn(Cc2cn(C3CCN([C@@H]4CCOC4)CC3)nn2)nc1-c1cc(SC2COC2)ccc1OC(F)F)c1cnn2cccnc12. The molecule has 4 aromatic heterocycles. The average molecular weight is 695 g/mol. The highest BCUT2D eigenvalue weighted by molar-refractivity contribution is 8.00. The molecule has 1 unspecified atom stereocenters. The lowest BCUT2D eigenvalue weighted by Gasteiger charge is -2.35. The van der Waals surface area contributed by atoms with Crippen molar-refractivity contribution in [3.8, 4) is 17.0 Å². The molecule has 0 saturated carbocycles. The van der Waals surface area contributed by atoms with Crippen LogP contribution in [0.25, 0.3) is 16.9 Å². The van der Waals surface area contributed by atoms with E-state index in [0.717, 1.165) is 50.5 Å². The van der Waals surface area contributed by atoms with Crippen molar-refractivity contribution in [2.75, 3.05) is 44.8 Å². The average Bonchev–Trinajstić information content (AvgIpc) is 3.91. The minimum absolute atomic E-state index is 0.0360. The van der Waals surface area contributed by atoms with Crippen molar-refractivity contribution >= 4 is 23.1 Å². The molecule has 14 nitrogen and oxygen atoms in total. The van der Waals surface area contributed by atoms with Crippen molar-refractivity contribution < 1.29 is 28.1 Å². The Morgan fingerprint density at radius 1 is 1.08 bits per heavy atom. The summed E-state index contributed by atoms with van der Waals surface area (Å²) >= 11 is 1.60. The van der Waals surface area contributed by atoms with Gasteiger partial charge in [-0.1, -0.05) is 5.21 Å². The third kappa shape index (κ3) is 6.98. The highest BCUT2D eigenvalue weighted by Gasteiger charge is 2.29. The van der Waals surface area contributed by atoms with Crippen LogP contribution in [-0.2, 0) is 16.0 Å². The fourth-order valence-corrected chi connectivity index (χ4v) is 7.61. The summed E-state index contributed by atoms with van der Waals surface area (Å²) in [5, 5.41) is 32.7. The Bertz CT molecular complexity index is 1880. The number of hydrogen-bond acceptors (Lipinski definition) is 12. The summed E-state index contributed by atoms with van der Waals surface area (Å²) in [7, 11) is 0. The predicted octanol–water partition coefficient (Wildman–Crippen LogP) is 3.85. The van der Waals surface area contributed by atoms with Gasteiger partial charge in [0.15, 0.2) is 11.9 Å². The first kappa shape index (κ1) is 32.1. The topological polar surface area (TPSA) is 142 Å². The van der Waals surface area contributed by atoms with Crippen LogP contribution in [0.4, 0.5) is 14.5 Å². The molecule has 0 aliphatic carbocycles. The van der Waals surface area contributed by atoms with Crippen molar-refractivity contribution in [1.82, 2.24) is 44.3 Å². The van der Waals surface area contributed by atoms with Crippen molar-refractivity contribution in [2.24, 2.45) is 0 Å². The minimum atomic E-state index is -3.04. The Morgan fingerprint density at radius 2 is 1.96 bits per heavy atom. The number of aliphatic hydroxyl groups is 1. The number of thioether (sulfide) groups is 1. The molecule has 3 fully saturated rings. The molecule has 1 aromatic carbocycles. The second-order valence-electron chi connectivity index (χ2n) is 12.4. The van der Waals surface area contributed by atoms with E-state index in [1.165, 1.54) is 12.3 Å². The van der Waals surface area contributed by atoms with Gasteiger partial charge in [-0.3, -0.25) is 9.58 Å². The third-order valence-electron chi connectivity index (χ3n) is 9.16. The molecular formula is C32H36F2N10O4S. The summed E-state index contributed by atoms with van der Waals surface area (Å²) < 4.78 is 48.2. The van der Waals surface area contributed by atoms with Gasteiger partial charge < -0.3 is 24.6 Å². The number of fused-ring (bicyclic) bond motifs is 1. The summed E-state index contributed by atoms with van der Waals surface area (Å²) in [4.78, 5) is 7.71. The highest BCUT2D eigenvalue weighted by Crippen LogP contribution is 2.40. The largest absolute Gasteiger partial charge is 0.434 e. The van der Waals surface area contributed by atoms with Crippen LogP contribution in [0.1, 0.15) is 42.8 Å². The molecule has 0 bridgehead atoms. The molecule has 8 rings (SSSR count). The molecule has 2 atom stereocenters. The number of nitrogens with one attached hydrogen (secondary N) is 1. The number of benzene rings is 1. The predicted molar refractivity (Wildman–Crippen MR) is 175 cm³/mol. The Hall–Kier alpha value is -4.16. The summed E-state index contributed by atoms with van der Waals surface area (Å²) in [5.41, 5.74) is 2.66. The van der Waals surface area contributed by atoms with Crippen molar-refractivity contribution in [1.29, 1.82) is 0 Å². The van der Waals surface area contributed by atoms with Gasteiger partial charge in [-0.25, -0.2) is 14.2 Å². The number of anilines is 1. The van der Waals surface area contributed by atoms with Gasteiger partial charge in [-0.05, 0) is 43.5 Å². The van der Waals surface area contributed by atoms with Gasteiger partial charge in [-0.2, -0.15) is 19.0 Å². The maximum atomic E-state index is 13.6. The molecule has 3 aliphatic rings. The summed E-state index contributed by atoms with van der Waals surface area (Å²) in [6.45, 7) is 2.08. The van der Waals surface area contributed by atoms with Crippen molar-refractivity contribution in [2.45, 2.75) is 60.9 Å². The number of alkyl halides is 2. The van der Waals surface area contributed by atoms with E-state index in [-0.39, 0.29) is 23.6 Å². The van der Waals surface area contributed by atoms with Crippen LogP contribution in [0.5, 0.6) is 5.75 Å². The molecule has 258 valence electrons. The number of rotatable bonds is 12. The van der Waals surface area contributed by atoms with Gasteiger partial charge in [0.25, 0.3) is 0 Å². The van der Waals surface area contributed by atoms with Crippen LogP contribution in [0, 0.1) is 0 Å². The van der Waals surface area contributed by atoms with Crippen LogP contribution in [0.3, 0.4) is 0 Å². The summed E-state index contributed by atoms with van der Waals surface area (Å²) in [6.07, 6.45) is 10.3. The number of ether oxygens (including phenoxy) is 3. The lowest BCUT2D eigenvalue weighted by atomic mass is 10.0. The molecule has 7 heterocycles. The first-order chi connectivity index (χ1) is 24.0. The molecular weight excluding hydrogens is 658 g/mol. The Morgan fingerprint density at radius 3 is 2.73 bits per heavy atom. The molecule has 3 aliphatic heterocycles. The first-order valence-electron chi connectivity index (χ1n) is 16.3. The third-order valence-corrected chi connectivity index (χ3v) is 10.3. The molecule has 2 N–H and O–H groups in total. The zero-order valence-electron chi connectivity index (χ0n) is 26.5. The maximum Gasteiger partial charge on any atom is 0.387 e. The summed E-state index contributed by atoms with van der Waals surface area (Å²) in [6, 6.07) is 7.54. The molecule has 49 heavy (non-hydrogen) atoms. The van der Waals surface area contributed by atoms with Crippen molar-refractivity contribution in [3.05, 3.63) is 66.5 Å². The Kier molecular flexibility index (Phi) is 9.15. The van der Waals surface area contributed by atoms with E-state index in [2.05, 4.69) is 30.6 Å². The van der Waals surface area contributed by atoms with Crippen LogP contribution in [-0.4, -0.2) is 107 Å². The number of nitrogens with zero attached hydrogens (tertiary/aromatic N) is 9. The van der Waals surface area contributed by atoms with Gasteiger partial charge >= 0.3 is 6.61 Å². The molecule has 0 amide bonds. The number of likely N-dealkylation sites (tertiary alicyclic amines) is 1. The van der Waals surface area contributed by atoms with E-state index in [0.29, 0.717) is 53.1 Å². The van der Waals surface area contributed by atoms with E-state index in [1.54, 1.807) is 57.7 Å². The monoisotopic (exact) mass is 694 g/mol. The van der Waals surface area contributed by atoms with Gasteiger partial charge in [0.05, 0.1) is 61.3 Å². The number of hydrogen-bond donors (Lipinski definition) is 2. The van der Waals surface area contributed by atoms with Gasteiger partial charge in [0.1, 0.15) is 17.1 Å². The van der Waals surface area contributed by atoms with Crippen LogP contribution in [0.15, 0.2) is 60.1 Å².